The van der Waals surface area contributed by atoms with Gasteiger partial charge in [0.25, 0.3) is 0 Å². The van der Waals surface area contributed by atoms with E-state index in [-0.39, 0.29) is 42.5 Å². The Morgan fingerprint density at radius 2 is 1.81 bits per heavy atom. The van der Waals surface area contributed by atoms with E-state index < -0.39 is 29.6 Å². The molecule has 9 heteroatoms. The van der Waals surface area contributed by atoms with Gasteiger partial charge in [-0.3, -0.25) is 19.7 Å². The number of imide groups is 1. The summed E-state index contributed by atoms with van der Waals surface area (Å²) in [4.78, 5) is 35.3. The van der Waals surface area contributed by atoms with E-state index in [0.29, 0.717) is 25.9 Å². The molecule has 2 heterocycles. The molecule has 1 atom stereocenters. The van der Waals surface area contributed by atoms with Crippen LogP contribution in [0.4, 0.5) is 20.2 Å². The van der Waals surface area contributed by atoms with Gasteiger partial charge in [-0.05, 0) is 37.3 Å². The zero-order valence-electron chi connectivity index (χ0n) is 14.6. The lowest BCUT2D eigenvalue weighted by Crippen LogP contribution is -2.47. The maximum atomic E-state index is 14.5. The Hall–Kier alpha value is -2.71. The number of rotatable bonds is 5. The number of carboxylic acids is 1. The third-order valence-corrected chi connectivity index (χ3v) is 4.99. The molecule has 3 N–H and O–H groups in total. The Labute approximate surface area is 154 Å². The van der Waals surface area contributed by atoms with Gasteiger partial charge in [-0.2, -0.15) is 0 Å². The topological polar surface area (TPSA) is 98.7 Å². The summed E-state index contributed by atoms with van der Waals surface area (Å²) >= 11 is 0. The summed E-state index contributed by atoms with van der Waals surface area (Å²) in [5.74, 6) is -3.23. The number of nitrogens with one attached hydrogen (secondary N) is 2. The molecule has 146 valence electrons. The fraction of sp³-hybridized carbons (Fsp3) is 0.500. The largest absolute Gasteiger partial charge is 0.481 e. The number of aliphatic carboxylic acids is 1. The van der Waals surface area contributed by atoms with Crippen molar-refractivity contribution in [3.05, 3.63) is 23.8 Å². The van der Waals surface area contributed by atoms with Gasteiger partial charge in [-0.25, -0.2) is 8.78 Å². The predicted molar refractivity (Wildman–Crippen MR) is 93.3 cm³/mol. The molecule has 0 aliphatic carbocycles. The molecule has 0 spiro atoms. The second-order valence-corrected chi connectivity index (χ2v) is 6.96. The molecule has 2 amide bonds. The minimum absolute atomic E-state index is 0.0123. The smallest absolute Gasteiger partial charge is 0.303 e. The predicted octanol–water partition coefficient (Wildman–Crippen LogP) is 1.87. The van der Waals surface area contributed by atoms with Crippen LogP contribution in [0.3, 0.4) is 0 Å². The first-order chi connectivity index (χ1) is 12.8. The second-order valence-electron chi connectivity index (χ2n) is 6.96. The number of hydrogen-bond acceptors (Lipinski definition) is 5. The highest BCUT2D eigenvalue weighted by atomic mass is 19.1. The Morgan fingerprint density at radius 1 is 1.19 bits per heavy atom. The second kappa shape index (κ2) is 7.89. The Balaban J connectivity index is 1.68. The maximum absolute atomic E-state index is 14.5. The summed E-state index contributed by atoms with van der Waals surface area (Å²) in [6.07, 6.45) is 1.60. The van der Waals surface area contributed by atoms with Crippen molar-refractivity contribution >= 4 is 29.2 Å². The molecular weight excluding hydrogens is 360 g/mol. The molecule has 7 nitrogen and oxygen atoms in total. The number of hydrogen-bond donors (Lipinski definition) is 3. The van der Waals surface area contributed by atoms with E-state index >= 15 is 0 Å². The van der Waals surface area contributed by atoms with Crippen LogP contribution in [-0.4, -0.2) is 42.0 Å². The Kier molecular flexibility index (Phi) is 5.57. The number of halogens is 2. The van der Waals surface area contributed by atoms with Crippen molar-refractivity contribution < 1.29 is 28.3 Å². The number of piperidine rings is 2. The van der Waals surface area contributed by atoms with E-state index in [0.717, 1.165) is 12.1 Å². The van der Waals surface area contributed by atoms with Gasteiger partial charge in [0.05, 0.1) is 0 Å². The van der Waals surface area contributed by atoms with Crippen molar-refractivity contribution in [3.8, 4) is 0 Å². The molecule has 2 saturated heterocycles. The summed E-state index contributed by atoms with van der Waals surface area (Å²) < 4.78 is 29.1. The Morgan fingerprint density at radius 3 is 2.37 bits per heavy atom. The van der Waals surface area contributed by atoms with E-state index in [1.165, 1.54) is 0 Å². The van der Waals surface area contributed by atoms with Crippen molar-refractivity contribution in [2.45, 2.75) is 38.1 Å². The molecule has 0 saturated carbocycles. The molecule has 1 aromatic carbocycles. The lowest BCUT2D eigenvalue weighted by atomic mass is 9.93. The molecular formula is C18H21F2N3O4. The first-order valence-electron chi connectivity index (χ1n) is 8.89. The maximum Gasteiger partial charge on any atom is 0.303 e. The van der Waals surface area contributed by atoms with Crippen LogP contribution >= 0.6 is 0 Å². The number of anilines is 2. The SMILES string of the molecule is O=C(O)CC1CCN(c2c(F)cc(NC3CCC(=O)NC3=O)cc2F)CC1. The number of nitrogens with zero attached hydrogens (tertiary/aromatic N) is 1. The van der Waals surface area contributed by atoms with Gasteiger partial charge in [0.1, 0.15) is 11.7 Å². The van der Waals surface area contributed by atoms with Crippen LogP contribution in [0.2, 0.25) is 0 Å². The molecule has 0 radical (unpaired) electrons. The molecule has 1 unspecified atom stereocenters. The first kappa shape index (κ1) is 19.1. The lowest BCUT2D eigenvalue weighted by Gasteiger charge is -2.33. The van der Waals surface area contributed by atoms with E-state index in [2.05, 4.69) is 10.6 Å². The number of benzene rings is 1. The monoisotopic (exact) mass is 381 g/mol. The molecule has 3 rings (SSSR count). The number of carbonyl (C=O) groups excluding carboxylic acids is 2. The molecule has 27 heavy (non-hydrogen) atoms. The van der Waals surface area contributed by atoms with Crippen LogP contribution in [0.5, 0.6) is 0 Å². The first-order valence-corrected chi connectivity index (χ1v) is 8.89. The van der Waals surface area contributed by atoms with Crippen LogP contribution in [0.25, 0.3) is 0 Å². The van der Waals surface area contributed by atoms with Crippen molar-refractivity contribution in [3.63, 3.8) is 0 Å². The standard InChI is InChI=1S/C18H21F2N3O4/c19-12-8-11(21-14-1-2-15(24)22-18(14)27)9-13(20)17(12)23-5-3-10(4-6-23)7-16(25)26/h8-10,14,21H,1-7H2,(H,25,26)(H,22,24,27). The van der Waals surface area contributed by atoms with Crippen molar-refractivity contribution in [2.75, 3.05) is 23.3 Å². The average molecular weight is 381 g/mol. The van der Waals surface area contributed by atoms with E-state index in [1.54, 1.807) is 4.90 Å². The van der Waals surface area contributed by atoms with Crippen LogP contribution in [-0.2, 0) is 14.4 Å². The van der Waals surface area contributed by atoms with Gasteiger partial charge in [-0.1, -0.05) is 0 Å². The molecule has 1 aromatic rings. The highest BCUT2D eigenvalue weighted by Crippen LogP contribution is 2.31. The number of carbonyl (C=O) groups is 3. The minimum Gasteiger partial charge on any atom is -0.481 e. The normalized spacial score (nSPS) is 21.1. The van der Waals surface area contributed by atoms with Crippen LogP contribution in [0.1, 0.15) is 32.1 Å². The third kappa shape index (κ3) is 4.53. The van der Waals surface area contributed by atoms with E-state index in [1.807, 2.05) is 0 Å². The van der Waals surface area contributed by atoms with Gasteiger partial charge in [0.2, 0.25) is 11.8 Å². The molecule has 2 aliphatic rings. The zero-order chi connectivity index (χ0) is 19.6. The minimum atomic E-state index is -0.866. The van der Waals surface area contributed by atoms with Crippen LogP contribution in [0, 0.1) is 17.6 Å². The van der Waals surface area contributed by atoms with Crippen molar-refractivity contribution in [1.82, 2.24) is 5.32 Å². The van der Waals surface area contributed by atoms with Gasteiger partial charge in [0.15, 0.2) is 11.6 Å². The highest BCUT2D eigenvalue weighted by molar-refractivity contribution is 6.01. The molecule has 2 aliphatic heterocycles. The summed E-state index contributed by atoms with van der Waals surface area (Å²) in [7, 11) is 0. The van der Waals surface area contributed by atoms with Gasteiger partial charge < -0.3 is 15.3 Å². The molecule has 2 fully saturated rings. The molecule has 0 bridgehead atoms. The van der Waals surface area contributed by atoms with E-state index in [4.69, 9.17) is 5.11 Å². The van der Waals surface area contributed by atoms with Crippen LogP contribution in [0.15, 0.2) is 12.1 Å². The van der Waals surface area contributed by atoms with E-state index in [9.17, 15) is 23.2 Å². The van der Waals surface area contributed by atoms with Gasteiger partial charge in [0, 0.05) is 31.6 Å². The van der Waals surface area contributed by atoms with Crippen molar-refractivity contribution in [1.29, 1.82) is 0 Å². The molecule has 0 aromatic heterocycles. The van der Waals surface area contributed by atoms with Crippen LogP contribution < -0.4 is 15.5 Å². The van der Waals surface area contributed by atoms with Gasteiger partial charge >= 0.3 is 5.97 Å². The number of amides is 2. The summed E-state index contributed by atoms with van der Waals surface area (Å²) in [6, 6.07) is 1.54. The summed E-state index contributed by atoms with van der Waals surface area (Å²) in [5, 5.41) is 13.8. The number of carboxylic acid groups (broad SMARTS) is 1. The lowest BCUT2D eigenvalue weighted by molar-refractivity contribution is -0.138. The quantitative estimate of drug-likeness (QED) is 0.674. The average Bonchev–Trinajstić information content (AvgIpc) is 2.58. The Bertz CT molecular complexity index is 740. The highest BCUT2D eigenvalue weighted by Gasteiger charge is 2.28. The zero-order valence-corrected chi connectivity index (χ0v) is 14.6. The summed E-state index contributed by atoms with van der Waals surface area (Å²) in [5.41, 5.74) is -0.0124. The fourth-order valence-corrected chi connectivity index (χ4v) is 3.59. The van der Waals surface area contributed by atoms with Crippen molar-refractivity contribution in [2.24, 2.45) is 5.92 Å². The van der Waals surface area contributed by atoms with Gasteiger partial charge in [-0.15, -0.1) is 0 Å². The third-order valence-electron chi connectivity index (χ3n) is 4.99. The fourth-order valence-electron chi connectivity index (χ4n) is 3.59. The summed E-state index contributed by atoms with van der Waals surface area (Å²) in [6.45, 7) is 0.761.